The van der Waals surface area contributed by atoms with Gasteiger partial charge in [0.1, 0.15) is 9.96 Å². The Kier molecular flexibility index (Phi) is 6.38. The second kappa shape index (κ2) is 8.75. The van der Waals surface area contributed by atoms with Gasteiger partial charge in [-0.1, -0.05) is 25.0 Å². The minimum atomic E-state index is -3.79. The molecule has 1 aliphatic heterocycles. The highest BCUT2D eigenvalue weighted by Crippen LogP contribution is 2.29. The van der Waals surface area contributed by atoms with Crippen LogP contribution in [0.2, 0.25) is 0 Å². The summed E-state index contributed by atoms with van der Waals surface area (Å²) in [5.74, 6) is 0.380. The van der Waals surface area contributed by atoms with Crippen LogP contribution in [0.3, 0.4) is 0 Å². The molecule has 0 radical (unpaired) electrons. The summed E-state index contributed by atoms with van der Waals surface area (Å²) in [4.78, 5) is 14.5. The zero-order chi connectivity index (χ0) is 19.3. The molecule has 0 aliphatic carbocycles. The van der Waals surface area contributed by atoms with Crippen LogP contribution in [0.4, 0.5) is 5.69 Å². The van der Waals surface area contributed by atoms with Crippen LogP contribution in [0.1, 0.15) is 43.0 Å². The molecule has 0 bridgehead atoms. The fraction of sp³-hybridized carbons (Fsp3) is 0.421. The van der Waals surface area contributed by atoms with Gasteiger partial charge in [-0.25, -0.2) is 8.42 Å². The first kappa shape index (κ1) is 19.7. The fourth-order valence-electron chi connectivity index (χ4n) is 3.05. The molecule has 6 nitrogen and oxygen atoms in total. The monoisotopic (exact) mass is 408 g/mol. The molecule has 0 spiro atoms. The molecule has 146 valence electrons. The molecule has 1 N–H and O–H groups in total. The highest BCUT2D eigenvalue weighted by molar-refractivity contribution is 7.94. The van der Waals surface area contributed by atoms with Gasteiger partial charge in [0.2, 0.25) is 0 Å². The zero-order valence-electron chi connectivity index (χ0n) is 15.3. The van der Waals surface area contributed by atoms with Gasteiger partial charge in [-0.05, 0) is 38.0 Å². The maximum absolute atomic E-state index is 12.7. The third-order valence-corrected chi connectivity index (χ3v) is 7.22. The molecule has 1 saturated heterocycles. The van der Waals surface area contributed by atoms with Crippen LogP contribution in [0.5, 0.6) is 5.75 Å². The van der Waals surface area contributed by atoms with E-state index in [1.165, 1.54) is 6.07 Å². The molecule has 1 aliphatic rings. The molecule has 27 heavy (non-hydrogen) atoms. The summed E-state index contributed by atoms with van der Waals surface area (Å²) in [6.45, 7) is 3.74. The first-order valence-corrected chi connectivity index (χ1v) is 11.5. The number of rotatable bonds is 6. The van der Waals surface area contributed by atoms with Crippen LogP contribution in [0.25, 0.3) is 0 Å². The molecule has 1 aromatic carbocycles. The largest absolute Gasteiger partial charge is 0.492 e. The van der Waals surface area contributed by atoms with Crippen molar-refractivity contribution in [3.05, 3.63) is 41.3 Å². The molecule has 1 amide bonds. The average molecular weight is 409 g/mol. The van der Waals surface area contributed by atoms with Gasteiger partial charge in [0.05, 0.1) is 17.9 Å². The van der Waals surface area contributed by atoms with Gasteiger partial charge in [0, 0.05) is 18.5 Å². The Balaban J connectivity index is 1.77. The normalized spacial score (nSPS) is 15.2. The number of likely N-dealkylation sites (tertiary alicyclic amines) is 1. The summed E-state index contributed by atoms with van der Waals surface area (Å²) >= 11 is 1.05. The lowest BCUT2D eigenvalue weighted by molar-refractivity contribution is 0.0762. The van der Waals surface area contributed by atoms with Crippen molar-refractivity contribution >= 4 is 33.0 Å². The number of ether oxygens (including phenoxy) is 1. The van der Waals surface area contributed by atoms with Crippen LogP contribution in [-0.4, -0.2) is 38.9 Å². The lowest BCUT2D eigenvalue weighted by Crippen LogP contribution is -2.31. The van der Waals surface area contributed by atoms with E-state index < -0.39 is 10.0 Å². The first-order chi connectivity index (χ1) is 13.0. The van der Waals surface area contributed by atoms with E-state index >= 15 is 0 Å². The molecule has 3 rings (SSSR count). The molecule has 2 aromatic rings. The van der Waals surface area contributed by atoms with Crippen LogP contribution in [-0.2, 0) is 10.0 Å². The van der Waals surface area contributed by atoms with Crippen LogP contribution in [0.15, 0.2) is 39.9 Å². The first-order valence-electron chi connectivity index (χ1n) is 9.13. The number of nitrogens with zero attached hydrogens (tertiary/aromatic N) is 1. The Labute approximate surface area is 164 Å². The van der Waals surface area contributed by atoms with E-state index in [1.54, 1.807) is 29.6 Å². The van der Waals surface area contributed by atoms with E-state index in [4.69, 9.17) is 4.74 Å². The van der Waals surface area contributed by atoms with E-state index in [-0.39, 0.29) is 10.1 Å². The van der Waals surface area contributed by atoms with Crippen molar-refractivity contribution in [3.63, 3.8) is 0 Å². The van der Waals surface area contributed by atoms with Crippen molar-refractivity contribution in [2.24, 2.45) is 0 Å². The fourth-order valence-corrected chi connectivity index (χ4v) is 5.28. The molecular weight excluding hydrogens is 384 g/mol. The van der Waals surface area contributed by atoms with Gasteiger partial charge >= 0.3 is 0 Å². The molecule has 8 heteroatoms. The SMILES string of the molecule is CCOc1ccccc1NS(=O)(=O)c1cc(C(=O)N2CCCCCC2)cs1. The van der Waals surface area contributed by atoms with E-state index in [1.807, 2.05) is 11.8 Å². The number of thiophene rings is 1. The van der Waals surface area contributed by atoms with Crippen molar-refractivity contribution in [1.29, 1.82) is 0 Å². The third-order valence-electron chi connectivity index (χ3n) is 4.41. The Bertz CT molecular complexity index is 885. The van der Waals surface area contributed by atoms with E-state index in [0.29, 0.717) is 23.6 Å². The summed E-state index contributed by atoms with van der Waals surface area (Å²) in [5.41, 5.74) is 0.813. The number of hydrogen-bond donors (Lipinski definition) is 1. The number of carbonyl (C=O) groups excluding carboxylic acids is 1. The maximum Gasteiger partial charge on any atom is 0.271 e. The lowest BCUT2D eigenvalue weighted by atomic mass is 10.2. The van der Waals surface area contributed by atoms with Crippen molar-refractivity contribution < 1.29 is 17.9 Å². The Morgan fingerprint density at radius 2 is 1.89 bits per heavy atom. The number of nitrogens with one attached hydrogen (secondary N) is 1. The highest BCUT2D eigenvalue weighted by atomic mass is 32.2. The van der Waals surface area contributed by atoms with Gasteiger partial charge in [-0.3, -0.25) is 9.52 Å². The Morgan fingerprint density at radius 3 is 2.59 bits per heavy atom. The lowest BCUT2D eigenvalue weighted by Gasteiger charge is -2.19. The minimum Gasteiger partial charge on any atom is -0.492 e. The number of hydrogen-bond acceptors (Lipinski definition) is 5. The van der Waals surface area contributed by atoms with Crippen molar-refractivity contribution in [3.8, 4) is 5.75 Å². The van der Waals surface area contributed by atoms with Gasteiger partial charge in [0.25, 0.3) is 15.9 Å². The van der Waals surface area contributed by atoms with Gasteiger partial charge in [-0.15, -0.1) is 11.3 Å². The summed E-state index contributed by atoms with van der Waals surface area (Å²) < 4.78 is 33.6. The maximum atomic E-state index is 12.7. The standard InChI is InChI=1S/C19H24N2O4S2/c1-2-25-17-10-6-5-9-16(17)20-27(23,24)18-13-15(14-26-18)19(22)21-11-7-3-4-8-12-21/h5-6,9-10,13-14,20H,2-4,7-8,11-12H2,1H3. The number of carbonyl (C=O) groups is 1. The summed E-state index contributed by atoms with van der Waals surface area (Å²) in [6.07, 6.45) is 4.26. The number of sulfonamides is 1. The molecule has 0 atom stereocenters. The topological polar surface area (TPSA) is 75.7 Å². The number of benzene rings is 1. The predicted molar refractivity (Wildman–Crippen MR) is 107 cm³/mol. The van der Waals surface area contributed by atoms with Crippen LogP contribution in [0, 0.1) is 0 Å². The quantitative estimate of drug-likeness (QED) is 0.785. The molecule has 0 saturated carbocycles. The van der Waals surface area contributed by atoms with E-state index in [0.717, 1.165) is 50.1 Å². The summed E-state index contributed by atoms with van der Waals surface area (Å²) in [6, 6.07) is 8.35. The third kappa shape index (κ3) is 4.81. The minimum absolute atomic E-state index is 0.0932. The van der Waals surface area contributed by atoms with E-state index in [9.17, 15) is 13.2 Å². The highest BCUT2D eigenvalue weighted by Gasteiger charge is 2.23. The van der Waals surface area contributed by atoms with E-state index in [2.05, 4.69) is 4.72 Å². The molecule has 0 unspecified atom stereocenters. The Hall–Kier alpha value is -2.06. The Morgan fingerprint density at radius 1 is 1.19 bits per heavy atom. The van der Waals surface area contributed by atoms with Gasteiger partial charge < -0.3 is 9.64 Å². The molecule has 1 fully saturated rings. The van der Waals surface area contributed by atoms with Crippen LogP contribution < -0.4 is 9.46 Å². The number of amides is 1. The average Bonchev–Trinajstić information content (AvgIpc) is 3.00. The number of para-hydroxylation sites is 2. The second-order valence-corrected chi connectivity index (χ2v) is 9.22. The van der Waals surface area contributed by atoms with Crippen molar-refractivity contribution in [2.75, 3.05) is 24.4 Å². The predicted octanol–water partition coefficient (Wildman–Crippen LogP) is 3.96. The summed E-state index contributed by atoms with van der Waals surface area (Å²) in [5, 5.41) is 1.62. The number of anilines is 1. The van der Waals surface area contributed by atoms with Crippen molar-refractivity contribution in [1.82, 2.24) is 4.90 Å². The van der Waals surface area contributed by atoms with Gasteiger partial charge in [0.15, 0.2) is 0 Å². The molecule has 2 heterocycles. The molecular formula is C19H24N2O4S2. The second-order valence-electron chi connectivity index (χ2n) is 6.40. The molecule has 1 aromatic heterocycles. The summed E-state index contributed by atoms with van der Waals surface area (Å²) in [7, 11) is -3.79. The zero-order valence-corrected chi connectivity index (χ0v) is 16.9. The van der Waals surface area contributed by atoms with Crippen LogP contribution >= 0.6 is 11.3 Å². The van der Waals surface area contributed by atoms with Crippen molar-refractivity contribution in [2.45, 2.75) is 36.8 Å². The smallest absolute Gasteiger partial charge is 0.271 e. The van der Waals surface area contributed by atoms with Gasteiger partial charge in [-0.2, -0.15) is 0 Å².